The molecular formula is C43H56N9O21P3S. The van der Waals surface area contributed by atoms with E-state index in [-0.39, 0.29) is 60.0 Å². The van der Waals surface area contributed by atoms with Gasteiger partial charge in [-0.05, 0) is 11.1 Å². The number of phosphoric ester groups is 3. The molecule has 0 radical (unpaired) electrons. The topological polar surface area (TPSA) is 426 Å². The van der Waals surface area contributed by atoms with E-state index in [0.29, 0.717) is 11.1 Å². The van der Waals surface area contributed by atoms with Gasteiger partial charge in [0.1, 0.15) is 36.3 Å². The Kier molecular flexibility index (Phi) is 20.4. The molecule has 7 unspecified atom stereocenters. The van der Waals surface area contributed by atoms with E-state index in [4.69, 9.17) is 38.5 Å². The van der Waals surface area contributed by atoms with Gasteiger partial charge in [-0.1, -0.05) is 86.3 Å². The number of ether oxygens (including phenoxy) is 5. The summed E-state index contributed by atoms with van der Waals surface area (Å²) in [6.07, 6.45) is -8.69. The zero-order chi connectivity index (χ0) is 56.3. The van der Waals surface area contributed by atoms with Crippen LogP contribution in [-0.2, 0) is 61.0 Å². The number of fused-ring (bicyclic) bond motifs is 1. The van der Waals surface area contributed by atoms with Gasteiger partial charge in [-0.25, -0.2) is 28.6 Å². The van der Waals surface area contributed by atoms with Gasteiger partial charge in [0.05, 0.1) is 39.8 Å². The van der Waals surface area contributed by atoms with E-state index in [2.05, 4.69) is 44.4 Å². The quantitative estimate of drug-likeness (QED) is 0.0253. The Labute approximate surface area is 442 Å². The fraction of sp³-hybridized carbons (Fsp3) is 0.442. The monoisotopic (exact) mass is 1160 g/mol. The molecule has 0 spiro atoms. The molecule has 0 bridgehead atoms. The van der Waals surface area contributed by atoms with Gasteiger partial charge in [-0.3, -0.25) is 32.5 Å². The first-order chi connectivity index (χ1) is 36.3. The number of thioether (sulfide) groups is 1. The van der Waals surface area contributed by atoms with Crippen molar-refractivity contribution in [2.24, 2.45) is 5.41 Å². The van der Waals surface area contributed by atoms with Crippen LogP contribution in [0.4, 0.5) is 5.82 Å². The zero-order valence-electron chi connectivity index (χ0n) is 41.5. The molecule has 34 heteroatoms. The van der Waals surface area contributed by atoms with Crippen LogP contribution < -0.4 is 30.6 Å². The van der Waals surface area contributed by atoms with Gasteiger partial charge in [-0.2, -0.15) is 14.3 Å². The van der Waals surface area contributed by atoms with Crippen LogP contribution >= 0.6 is 35.2 Å². The number of carbonyl (C=O) groups excluding carboxylic acids is 3. The predicted molar refractivity (Wildman–Crippen MR) is 267 cm³/mol. The minimum Gasteiger partial charge on any atom is -0.481 e. The Morgan fingerprint density at radius 1 is 0.870 bits per heavy atom. The Bertz CT molecular complexity index is 2920. The predicted octanol–water partition coefficient (Wildman–Crippen LogP) is 1.51. The Hall–Kier alpha value is -5.56. The zero-order valence-corrected chi connectivity index (χ0v) is 45.0. The lowest BCUT2D eigenvalue weighted by Crippen LogP contribution is -2.50. The second-order valence-corrected chi connectivity index (χ2v) is 22.5. The number of benzene rings is 2. The van der Waals surface area contributed by atoms with Crippen LogP contribution in [0.15, 0.2) is 79.4 Å². The summed E-state index contributed by atoms with van der Waals surface area (Å²) in [6.45, 7) is 0.0322. The molecule has 77 heavy (non-hydrogen) atoms. The smallest absolute Gasteiger partial charge is 0.481 e. The highest BCUT2D eigenvalue weighted by Gasteiger charge is 2.51. The van der Waals surface area contributed by atoms with Crippen molar-refractivity contribution < 1.29 is 99.4 Å². The molecule has 10 N–H and O–H groups in total. The number of hydrogen-bond acceptors (Lipinski definition) is 24. The fourth-order valence-electron chi connectivity index (χ4n) is 7.59. The maximum absolute atomic E-state index is 14.3. The molecule has 6 rings (SSSR count). The number of nitrogens with one attached hydrogen (secondary N) is 2. The molecule has 1 saturated heterocycles. The molecule has 1 fully saturated rings. The molecule has 1 aliphatic heterocycles. The van der Waals surface area contributed by atoms with Gasteiger partial charge in [0, 0.05) is 37.8 Å². The van der Waals surface area contributed by atoms with E-state index >= 15 is 0 Å². The molecule has 3 aromatic heterocycles. The van der Waals surface area contributed by atoms with Gasteiger partial charge in [0.15, 0.2) is 23.3 Å². The second-order valence-electron chi connectivity index (χ2n) is 17.1. The average Bonchev–Trinajstić information content (AvgIpc) is 3.96. The number of nitrogen functional groups attached to an aromatic ring is 1. The molecule has 2 aromatic carbocycles. The van der Waals surface area contributed by atoms with Crippen molar-refractivity contribution in [2.45, 2.75) is 62.6 Å². The number of rotatable bonds is 28. The van der Waals surface area contributed by atoms with E-state index in [9.17, 15) is 57.9 Å². The van der Waals surface area contributed by atoms with Gasteiger partial charge in [0.25, 0.3) is 0 Å². The summed E-state index contributed by atoms with van der Waals surface area (Å²) in [5.74, 6) is -1.42. The van der Waals surface area contributed by atoms with Crippen molar-refractivity contribution in [3.8, 4) is 17.8 Å². The molecule has 0 saturated carbocycles. The number of hydrogen-bond donors (Lipinski definition) is 9. The fourth-order valence-corrected chi connectivity index (χ4v) is 11.2. The van der Waals surface area contributed by atoms with Crippen LogP contribution in [0.1, 0.15) is 37.6 Å². The summed E-state index contributed by atoms with van der Waals surface area (Å²) in [5.41, 5.74) is 3.76. The van der Waals surface area contributed by atoms with Gasteiger partial charge >= 0.3 is 29.5 Å². The van der Waals surface area contributed by atoms with Gasteiger partial charge < -0.3 is 69.8 Å². The van der Waals surface area contributed by atoms with Crippen LogP contribution in [0.2, 0.25) is 0 Å². The number of imidazole rings is 1. The molecule has 0 aliphatic carbocycles. The molecule has 8 atom stereocenters. The number of amides is 2. The highest BCUT2D eigenvalue weighted by molar-refractivity contribution is 8.13. The number of anilines is 1. The van der Waals surface area contributed by atoms with Crippen LogP contribution in [0.5, 0.6) is 17.8 Å². The molecular weight excluding hydrogens is 1100 g/mol. The van der Waals surface area contributed by atoms with Crippen molar-refractivity contribution in [1.29, 1.82) is 0 Å². The minimum absolute atomic E-state index is 0.0144. The van der Waals surface area contributed by atoms with E-state index in [1.54, 1.807) is 60.7 Å². The Morgan fingerprint density at radius 3 is 2.06 bits per heavy atom. The third-order valence-corrected chi connectivity index (χ3v) is 15.4. The van der Waals surface area contributed by atoms with E-state index in [0.717, 1.165) is 29.0 Å². The number of nitrogens with two attached hydrogens (primary N) is 1. The number of methoxy groups -OCH3 is 3. The number of phosphoric acid groups is 3. The maximum atomic E-state index is 14.3. The first kappa shape index (κ1) is 60.7. The second kappa shape index (κ2) is 25.9. The maximum Gasteiger partial charge on any atom is 0.481 e. The van der Waals surface area contributed by atoms with Gasteiger partial charge in [0.2, 0.25) is 34.8 Å². The van der Waals surface area contributed by atoms with E-state index in [1.165, 1.54) is 41.2 Å². The number of aliphatic hydroxyl groups is 2. The number of aromatic nitrogens is 6. The van der Waals surface area contributed by atoms with Crippen molar-refractivity contribution in [1.82, 2.24) is 40.1 Å². The summed E-state index contributed by atoms with van der Waals surface area (Å²) in [5, 5.41) is 26.3. The summed E-state index contributed by atoms with van der Waals surface area (Å²) in [7, 11) is -12.4. The summed E-state index contributed by atoms with van der Waals surface area (Å²) in [6, 6.07) is 19.0. The van der Waals surface area contributed by atoms with E-state index < -0.39 is 101 Å². The van der Waals surface area contributed by atoms with E-state index in [1.807, 2.05) is 0 Å². The third kappa shape index (κ3) is 15.6. The normalized spacial score (nSPS) is 19.4. The first-order valence-electron chi connectivity index (χ1n) is 22.7. The van der Waals surface area contributed by atoms with Crippen LogP contribution in [0, 0.1) is 5.41 Å². The highest BCUT2D eigenvalue weighted by atomic mass is 32.2. The van der Waals surface area contributed by atoms with Crippen LogP contribution in [-0.4, -0.2) is 160 Å². The molecule has 30 nitrogen and oxygen atoms in total. The number of aliphatic hydroxyl groups excluding tert-OH is 2. The molecule has 420 valence electrons. The largest absolute Gasteiger partial charge is 0.481 e. The van der Waals surface area contributed by atoms with Crippen molar-refractivity contribution in [3.63, 3.8) is 0 Å². The van der Waals surface area contributed by atoms with Crippen molar-refractivity contribution >= 4 is 69.1 Å². The average molecular weight is 1160 g/mol. The minimum atomic E-state index is -5.64. The molecule has 1 aliphatic rings. The van der Waals surface area contributed by atoms with Crippen LogP contribution in [0.3, 0.4) is 0 Å². The Balaban J connectivity index is 0.984. The van der Waals surface area contributed by atoms with Crippen molar-refractivity contribution in [3.05, 3.63) is 90.5 Å². The summed E-state index contributed by atoms with van der Waals surface area (Å²) < 4.78 is 86.0. The lowest BCUT2D eigenvalue weighted by molar-refractivity contribution is -0.137. The van der Waals surface area contributed by atoms with Gasteiger partial charge in [-0.15, -0.1) is 0 Å². The number of nitrogens with zero attached hydrogens (tertiary/aromatic N) is 6. The Morgan fingerprint density at radius 2 is 1.48 bits per heavy atom. The summed E-state index contributed by atoms with van der Waals surface area (Å²) >= 11 is 0.826. The third-order valence-electron chi connectivity index (χ3n) is 11.4. The highest BCUT2D eigenvalue weighted by Crippen LogP contribution is 2.61. The molecule has 2 amide bonds. The first-order valence-corrected chi connectivity index (χ1v) is 28.2. The standard InChI is InChI=1S/C43H56N9O21P3S/c1-42(2,22-69-76(63,64)73-75(61,62)68-21-27-33(72-74(58,59)60)32(54)39(70-27)52-24-49-31-36(44)47-23-48-37(31)52)34(55)38(56)46-17-16-28(53)45-18-19-77-40(57)35(71-41-50-29(65-3)20-30(51-41)66-4)43(67-5,25-12-8-6-9-13-25)26-14-10-7-11-15-26/h6-15,20,23-24,27,32-35,39,54-55H,16-19,21-22H2,1-5H3,(H,45,53)(H,46,56)(H,61,62)(H,63,64)(H2,44,47,48)(H2,58,59,60)/t27?,32?,33?,34?,35-,39?/m1/s1. The number of carbonyl (C=O) groups is 3. The summed E-state index contributed by atoms with van der Waals surface area (Å²) in [4.78, 5) is 100. The SMILES string of the molecule is COc1cc(OC)nc(O[C@H](C(=O)SCCNC(=O)CCNC(=O)C(O)C(C)(C)COP(=O)(O)OP(=O)(O)OCC2OC(n3cnc4c(N)ncnc43)C(O)C2OP(=O)(O)O)C(OC)(c2ccccc2)c2ccccc2)n1. The lowest BCUT2D eigenvalue weighted by Gasteiger charge is -2.38. The van der Waals surface area contributed by atoms with Crippen LogP contribution in [0.25, 0.3) is 11.2 Å². The molecule has 4 heterocycles. The molecule has 5 aromatic rings. The lowest BCUT2D eigenvalue weighted by atomic mass is 9.81. The van der Waals surface area contributed by atoms with Crippen molar-refractivity contribution in [2.75, 3.05) is 59.1 Å².